The number of carbonyl (C=O) groups is 1. The lowest BCUT2D eigenvalue weighted by molar-refractivity contribution is 0.0851. The van der Waals surface area contributed by atoms with E-state index in [2.05, 4.69) is 18.9 Å². The molecule has 0 amide bonds. The standard InChI is InChI=1S/C17H23NO3/c1-12-5-3-4-6-14(12)18(2)10-15(19)13-7-8-16-17(9-13)21-11-20-16/h7-9,12,14H,3-6,10-11H2,1-2H3. The number of nitrogens with zero attached hydrogens (tertiary/aromatic N) is 1. The van der Waals surface area contributed by atoms with E-state index in [0.717, 1.165) is 5.75 Å². The molecule has 4 heteroatoms. The zero-order valence-corrected chi connectivity index (χ0v) is 12.8. The highest BCUT2D eigenvalue weighted by molar-refractivity contribution is 5.98. The SMILES string of the molecule is CC1CCCCC1N(C)CC(=O)c1ccc2c(c1)OCO2. The smallest absolute Gasteiger partial charge is 0.231 e. The first kappa shape index (κ1) is 14.4. The first-order valence-electron chi connectivity index (χ1n) is 7.78. The summed E-state index contributed by atoms with van der Waals surface area (Å²) in [4.78, 5) is 14.7. The summed E-state index contributed by atoms with van der Waals surface area (Å²) >= 11 is 0. The van der Waals surface area contributed by atoms with Gasteiger partial charge in [0, 0.05) is 11.6 Å². The van der Waals surface area contributed by atoms with Crippen molar-refractivity contribution in [2.75, 3.05) is 20.4 Å². The minimum absolute atomic E-state index is 0.147. The number of fused-ring (bicyclic) bond motifs is 1. The Morgan fingerprint density at radius 3 is 2.81 bits per heavy atom. The Bertz CT molecular complexity index is 529. The van der Waals surface area contributed by atoms with Crippen molar-refractivity contribution in [3.8, 4) is 11.5 Å². The molecule has 2 unspecified atom stereocenters. The molecule has 1 heterocycles. The summed E-state index contributed by atoms with van der Waals surface area (Å²) < 4.78 is 10.6. The molecule has 1 aliphatic heterocycles. The van der Waals surface area contributed by atoms with Crippen LogP contribution < -0.4 is 9.47 Å². The summed E-state index contributed by atoms with van der Waals surface area (Å²) in [5, 5.41) is 0. The molecule has 3 rings (SSSR count). The molecule has 0 N–H and O–H groups in total. The van der Waals surface area contributed by atoms with E-state index in [1.54, 1.807) is 6.07 Å². The summed E-state index contributed by atoms with van der Waals surface area (Å²) in [6, 6.07) is 5.96. The monoisotopic (exact) mass is 289 g/mol. The van der Waals surface area contributed by atoms with Crippen molar-refractivity contribution in [3.05, 3.63) is 23.8 Å². The molecule has 0 saturated heterocycles. The second-order valence-corrected chi connectivity index (χ2v) is 6.24. The van der Waals surface area contributed by atoms with Crippen LogP contribution in [0.15, 0.2) is 18.2 Å². The molecular formula is C17H23NO3. The normalized spacial score (nSPS) is 24.3. The van der Waals surface area contributed by atoms with Gasteiger partial charge in [0.25, 0.3) is 0 Å². The maximum atomic E-state index is 12.5. The Hall–Kier alpha value is -1.55. The van der Waals surface area contributed by atoms with E-state index in [4.69, 9.17) is 9.47 Å². The third-order valence-electron chi connectivity index (χ3n) is 4.72. The Labute approximate surface area is 126 Å². The lowest BCUT2D eigenvalue weighted by Gasteiger charge is -2.35. The van der Waals surface area contributed by atoms with Crippen molar-refractivity contribution in [3.63, 3.8) is 0 Å². The van der Waals surface area contributed by atoms with Gasteiger partial charge in [0.15, 0.2) is 17.3 Å². The second-order valence-electron chi connectivity index (χ2n) is 6.24. The van der Waals surface area contributed by atoms with E-state index in [0.29, 0.717) is 29.8 Å². The minimum Gasteiger partial charge on any atom is -0.454 e. The summed E-state index contributed by atoms with van der Waals surface area (Å²) in [7, 11) is 2.07. The molecule has 2 atom stereocenters. The van der Waals surface area contributed by atoms with Crippen LogP contribution in [0.1, 0.15) is 43.0 Å². The zero-order valence-electron chi connectivity index (χ0n) is 12.8. The lowest BCUT2D eigenvalue weighted by atomic mass is 9.85. The molecule has 0 radical (unpaired) electrons. The number of ketones is 1. The fraction of sp³-hybridized carbons (Fsp3) is 0.588. The third kappa shape index (κ3) is 3.05. The van der Waals surface area contributed by atoms with Crippen molar-refractivity contribution in [1.29, 1.82) is 0 Å². The molecule has 114 valence electrons. The van der Waals surface area contributed by atoms with Crippen LogP contribution in [-0.4, -0.2) is 37.1 Å². The Morgan fingerprint density at radius 1 is 1.24 bits per heavy atom. The summed E-state index contributed by atoms with van der Waals surface area (Å²) in [6.07, 6.45) is 5.07. The number of rotatable bonds is 4. The maximum absolute atomic E-state index is 12.5. The number of likely N-dealkylation sites (N-methyl/N-ethyl adjacent to an activating group) is 1. The Kier molecular flexibility index (Phi) is 4.15. The molecular weight excluding hydrogens is 266 g/mol. The fourth-order valence-corrected chi connectivity index (χ4v) is 3.46. The number of Topliss-reactive ketones (excluding diaryl/α,β-unsaturated/α-hetero) is 1. The van der Waals surface area contributed by atoms with Gasteiger partial charge in [0.05, 0.1) is 6.54 Å². The fourth-order valence-electron chi connectivity index (χ4n) is 3.46. The number of benzene rings is 1. The molecule has 0 spiro atoms. The topological polar surface area (TPSA) is 38.8 Å². The molecule has 4 nitrogen and oxygen atoms in total. The largest absolute Gasteiger partial charge is 0.454 e. The van der Waals surface area contributed by atoms with Gasteiger partial charge in [-0.2, -0.15) is 0 Å². The van der Waals surface area contributed by atoms with E-state index < -0.39 is 0 Å². The van der Waals surface area contributed by atoms with Crippen LogP contribution in [0.5, 0.6) is 11.5 Å². The molecule has 21 heavy (non-hydrogen) atoms. The van der Waals surface area contributed by atoms with Crippen molar-refractivity contribution >= 4 is 5.78 Å². The highest BCUT2D eigenvalue weighted by atomic mass is 16.7. The summed E-state index contributed by atoms with van der Waals surface area (Å²) in [5.74, 6) is 2.22. The lowest BCUT2D eigenvalue weighted by Crippen LogP contribution is -2.41. The van der Waals surface area contributed by atoms with Gasteiger partial charge in [-0.25, -0.2) is 0 Å². The van der Waals surface area contributed by atoms with Gasteiger partial charge in [0.1, 0.15) is 0 Å². The number of carbonyl (C=O) groups excluding carboxylic acids is 1. The molecule has 2 aliphatic rings. The zero-order chi connectivity index (χ0) is 14.8. The molecule has 1 saturated carbocycles. The third-order valence-corrected chi connectivity index (χ3v) is 4.72. The van der Waals surface area contributed by atoms with E-state index in [9.17, 15) is 4.79 Å². The van der Waals surface area contributed by atoms with E-state index in [1.165, 1.54) is 25.7 Å². The van der Waals surface area contributed by atoms with Crippen LogP contribution in [0.2, 0.25) is 0 Å². The molecule has 1 aromatic carbocycles. The molecule has 0 bridgehead atoms. The van der Waals surface area contributed by atoms with Crippen molar-refractivity contribution < 1.29 is 14.3 Å². The minimum atomic E-state index is 0.147. The van der Waals surface area contributed by atoms with Gasteiger partial charge in [-0.15, -0.1) is 0 Å². The number of hydrogen-bond acceptors (Lipinski definition) is 4. The van der Waals surface area contributed by atoms with Gasteiger partial charge >= 0.3 is 0 Å². The predicted octanol–water partition coefficient (Wildman–Crippen LogP) is 3.11. The van der Waals surface area contributed by atoms with Crippen LogP contribution >= 0.6 is 0 Å². The average Bonchev–Trinajstić information content (AvgIpc) is 2.94. The predicted molar refractivity (Wildman–Crippen MR) is 80.9 cm³/mol. The van der Waals surface area contributed by atoms with Gasteiger partial charge in [-0.3, -0.25) is 9.69 Å². The van der Waals surface area contributed by atoms with Crippen LogP contribution in [0, 0.1) is 5.92 Å². The molecule has 0 aromatic heterocycles. The second kappa shape index (κ2) is 6.06. The van der Waals surface area contributed by atoms with Crippen LogP contribution in [-0.2, 0) is 0 Å². The first-order chi connectivity index (χ1) is 10.1. The van der Waals surface area contributed by atoms with E-state index >= 15 is 0 Å². The Morgan fingerprint density at radius 2 is 2.00 bits per heavy atom. The van der Waals surface area contributed by atoms with Crippen molar-refractivity contribution in [2.24, 2.45) is 5.92 Å². The van der Waals surface area contributed by atoms with Gasteiger partial charge in [0.2, 0.25) is 6.79 Å². The van der Waals surface area contributed by atoms with E-state index in [-0.39, 0.29) is 12.6 Å². The first-order valence-corrected chi connectivity index (χ1v) is 7.78. The highest BCUT2D eigenvalue weighted by Crippen LogP contribution is 2.33. The number of ether oxygens (including phenoxy) is 2. The van der Waals surface area contributed by atoms with Gasteiger partial charge in [-0.05, 0) is 44.0 Å². The quantitative estimate of drug-likeness (QED) is 0.798. The molecule has 1 aliphatic carbocycles. The average molecular weight is 289 g/mol. The number of hydrogen-bond donors (Lipinski definition) is 0. The summed E-state index contributed by atoms with van der Waals surface area (Å²) in [6.45, 7) is 3.01. The van der Waals surface area contributed by atoms with Crippen LogP contribution in [0.4, 0.5) is 0 Å². The highest BCUT2D eigenvalue weighted by Gasteiger charge is 2.26. The molecule has 1 fully saturated rings. The van der Waals surface area contributed by atoms with Crippen molar-refractivity contribution in [1.82, 2.24) is 4.90 Å². The van der Waals surface area contributed by atoms with Crippen LogP contribution in [0.3, 0.4) is 0 Å². The van der Waals surface area contributed by atoms with Gasteiger partial charge < -0.3 is 9.47 Å². The van der Waals surface area contributed by atoms with Gasteiger partial charge in [-0.1, -0.05) is 19.8 Å². The summed E-state index contributed by atoms with van der Waals surface area (Å²) in [5.41, 5.74) is 0.703. The van der Waals surface area contributed by atoms with E-state index in [1.807, 2.05) is 12.1 Å². The maximum Gasteiger partial charge on any atom is 0.231 e. The Balaban J connectivity index is 1.65. The van der Waals surface area contributed by atoms with Crippen LogP contribution in [0.25, 0.3) is 0 Å². The van der Waals surface area contributed by atoms with Crippen molar-refractivity contribution in [2.45, 2.75) is 38.6 Å². The molecule has 1 aromatic rings.